The lowest BCUT2D eigenvalue weighted by atomic mass is 10.0. The molecule has 0 radical (unpaired) electrons. The van der Waals surface area contributed by atoms with E-state index in [1.807, 2.05) is 38.1 Å². The standard InChI is InChI=1S/C18H28N4O.HI/c1-13(2)17(23)21-16-8-6-15(7-9-16)11-20-18(19)22-10-4-5-14(3)12-22;/h6-9,13-14H,4-5,10-12H2,1-3H3,(H2,19,20)(H,21,23);1H. The normalized spacial score (nSPS) is 18.2. The maximum Gasteiger partial charge on any atom is 0.226 e. The Kier molecular flexibility index (Phi) is 8.52. The van der Waals surface area contributed by atoms with Crippen molar-refractivity contribution in [2.75, 3.05) is 18.4 Å². The molecule has 6 heteroatoms. The Balaban J connectivity index is 0.00000288. The minimum atomic E-state index is -0.0222. The Hall–Kier alpha value is -1.31. The van der Waals surface area contributed by atoms with Crippen molar-refractivity contribution < 1.29 is 4.79 Å². The third-order valence-corrected chi connectivity index (χ3v) is 4.15. The number of hydrogen-bond acceptors (Lipinski definition) is 2. The highest BCUT2D eigenvalue weighted by molar-refractivity contribution is 14.0. The van der Waals surface area contributed by atoms with Crippen LogP contribution in [0, 0.1) is 11.8 Å². The van der Waals surface area contributed by atoms with E-state index in [0.29, 0.717) is 18.4 Å². The largest absolute Gasteiger partial charge is 0.370 e. The topological polar surface area (TPSA) is 70.7 Å². The molecule has 1 aliphatic heterocycles. The monoisotopic (exact) mass is 444 g/mol. The highest BCUT2D eigenvalue weighted by atomic mass is 127. The molecule has 1 amide bonds. The summed E-state index contributed by atoms with van der Waals surface area (Å²) in [5.74, 6) is 1.32. The maximum atomic E-state index is 11.7. The van der Waals surface area contributed by atoms with Gasteiger partial charge in [-0.3, -0.25) is 4.79 Å². The molecule has 1 aromatic rings. The number of anilines is 1. The lowest BCUT2D eigenvalue weighted by Crippen LogP contribution is -2.43. The van der Waals surface area contributed by atoms with Crippen LogP contribution in [0.15, 0.2) is 29.3 Å². The van der Waals surface area contributed by atoms with Crippen LogP contribution in [0.3, 0.4) is 0 Å². The fourth-order valence-electron chi connectivity index (χ4n) is 2.65. The van der Waals surface area contributed by atoms with Gasteiger partial charge in [-0.25, -0.2) is 4.99 Å². The Bertz CT molecular complexity index is 557. The van der Waals surface area contributed by atoms with E-state index >= 15 is 0 Å². The van der Waals surface area contributed by atoms with Crippen molar-refractivity contribution in [2.24, 2.45) is 22.6 Å². The van der Waals surface area contributed by atoms with Crippen LogP contribution in [0.25, 0.3) is 0 Å². The summed E-state index contributed by atoms with van der Waals surface area (Å²) in [6.07, 6.45) is 2.45. The summed E-state index contributed by atoms with van der Waals surface area (Å²) in [6.45, 7) is 8.57. The Morgan fingerprint density at radius 2 is 2.04 bits per heavy atom. The average Bonchev–Trinajstić information content (AvgIpc) is 2.53. The third kappa shape index (κ3) is 6.30. The van der Waals surface area contributed by atoms with Gasteiger partial charge in [0.25, 0.3) is 0 Å². The number of aliphatic imine (C=N–C) groups is 1. The summed E-state index contributed by atoms with van der Waals surface area (Å²) >= 11 is 0. The molecule has 0 bridgehead atoms. The van der Waals surface area contributed by atoms with E-state index in [2.05, 4.69) is 22.1 Å². The van der Waals surface area contributed by atoms with Crippen LogP contribution in [0.5, 0.6) is 0 Å². The molecule has 1 aromatic carbocycles. The van der Waals surface area contributed by atoms with Gasteiger partial charge in [0.15, 0.2) is 5.96 Å². The molecular formula is C18H29IN4O. The number of rotatable bonds is 4. The number of nitrogens with one attached hydrogen (secondary N) is 1. The molecule has 0 aromatic heterocycles. The number of guanidine groups is 1. The Morgan fingerprint density at radius 3 is 2.62 bits per heavy atom. The summed E-state index contributed by atoms with van der Waals surface area (Å²) in [5.41, 5.74) is 8.00. The molecule has 1 aliphatic rings. The summed E-state index contributed by atoms with van der Waals surface area (Å²) < 4.78 is 0. The van der Waals surface area contributed by atoms with Gasteiger partial charge in [0.05, 0.1) is 6.54 Å². The van der Waals surface area contributed by atoms with E-state index in [1.54, 1.807) is 0 Å². The maximum absolute atomic E-state index is 11.7. The number of likely N-dealkylation sites (tertiary alicyclic amines) is 1. The van der Waals surface area contributed by atoms with Gasteiger partial charge in [-0.1, -0.05) is 32.9 Å². The number of benzene rings is 1. The minimum absolute atomic E-state index is 0. The molecule has 1 heterocycles. The van der Waals surface area contributed by atoms with Crippen molar-refractivity contribution >= 4 is 41.5 Å². The quantitative estimate of drug-likeness (QED) is 0.425. The Morgan fingerprint density at radius 1 is 1.38 bits per heavy atom. The Labute approximate surface area is 162 Å². The molecule has 3 N–H and O–H groups in total. The highest BCUT2D eigenvalue weighted by Crippen LogP contribution is 2.15. The first-order valence-corrected chi connectivity index (χ1v) is 8.40. The van der Waals surface area contributed by atoms with Crippen LogP contribution in [0.1, 0.15) is 39.2 Å². The highest BCUT2D eigenvalue weighted by Gasteiger charge is 2.17. The molecule has 0 spiro atoms. The van der Waals surface area contributed by atoms with Crippen LogP contribution in [0.2, 0.25) is 0 Å². The predicted molar refractivity (Wildman–Crippen MR) is 111 cm³/mol. The minimum Gasteiger partial charge on any atom is -0.370 e. The molecule has 24 heavy (non-hydrogen) atoms. The first kappa shape index (κ1) is 20.7. The molecule has 1 atom stereocenters. The molecule has 0 aliphatic carbocycles. The van der Waals surface area contributed by atoms with Crippen molar-refractivity contribution in [3.05, 3.63) is 29.8 Å². The van der Waals surface area contributed by atoms with E-state index in [0.717, 1.165) is 24.3 Å². The molecule has 2 rings (SSSR count). The van der Waals surface area contributed by atoms with E-state index in [1.165, 1.54) is 12.8 Å². The fourth-order valence-corrected chi connectivity index (χ4v) is 2.65. The number of nitrogens with zero attached hydrogens (tertiary/aromatic N) is 2. The molecule has 0 saturated carbocycles. The summed E-state index contributed by atoms with van der Waals surface area (Å²) in [6, 6.07) is 7.77. The second kappa shape index (κ2) is 9.86. The smallest absolute Gasteiger partial charge is 0.226 e. The third-order valence-electron chi connectivity index (χ3n) is 4.15. The zero-order valence-electron chi connectivity index (χ0n) is 14.8. The second-order valence-electron chi connectivity index (χ2n) is 6.71. The SMILES string of the molecule is CC1CCCN(C(N)=NCc2ccc(NC(=O)C(C)C)cc2)C1.I. The number of carbonyl (C=O) groups excluding carboxylic acids is 1. The lowest BCUT2D eigenvalue weighted by molar-refractivity contribution is -0.118. The van der Waals surface area contributed by atoms with Crippen molar-refractivity contribution in [3.63, 3.8) is 0 Å². The van der Waals surface area contributed by atoms with E-state index < -0.39 is 0 Å². The average molecular weight is 444 g/mol. The van der Waals surface area contributed by atoms with Crippen LogP contribution < -0.4 is 11.1 Å². The lowest BCUT2D eigenvalue weighted by Gasteiger charge is -2.31. The molecule has 1 unspecified atom stereocenters. The first-order chi connectivity index (χ1) is 11.0. The van der Waals surface area contributed by atoms with Gasteiger partial charge in [-0.05, 0) is 36.5 Å². The second-order valence-corrected chi connectivity index (χ2v) is 6.71. The number of hydrogen-bond donors (Lipinski definition) is 2. The number of halogens is 1. The summed E-state index contributed by atoms with van der Waals surface area (Å²) in [4.78, 5) is 18.3. The van der Waals surface area contributed by atoms with Gasteiger partial charge in [-0.2, -0.15) is 0 Å². The summed E-state index contributed by atoms with van der Waals surface area (Å²) in [7, 11) is 0. The van der Waals surface area contributed by atoms with Crippen molar-refractivity contribution in [1.82, 2.24) is 4.90 Å². The number of nitrogens with two attached hydrogens (primary N) is 1. The van der Waals surface area contributed by atoms with Gasteiger partial charge in [0.2, 0.25) is 5.91 Å². The predicted octanol–water partition coefficient (Wildman–Crippen LogP) is 3.45. The number of piperidine rings is 1. The van der Waals surface area contributed by atoms with E-state index in [9.17, 15) is 4.79 Å². The van der Waals surface area contributed by atoms with Crippen molar-refractivity contribution in [2.45, 2.75) is 40.2 Å². The van der Waals surface area contributed by atoms with Gasteiger partial charge in [0, 0.05) is 24.7 Å². The van der Waals surface area contributed by atoms with Crippen LogP contribution in [0.4, 0.5) is 5.69 Å². The summed E-state index contributed by atoms with van der Waals surface area (Å²) in [5, 5.41) is 2.88. The number of amides is 1. The van der Waals surface area contributed by atoms with Crippen LogP contribution in [-0.2, 0) is 11.3 Å². The molecular weight excluding hydrogens is 415 g/mol. The molecule has 134 valence electrons. The van der Waals surface area contributed by atoms with E-state index in [4.69, 9.17) is 5.73 Å². The number of carbonyl (C=O) groups is 1. The fraction of sp³-hybridized carbons (Fsp3) is 0.556. The van der Waals surface area contributed by atoms with Gasteiger partial charge < -0.3 is 16.0 Å². The van der Waals surface area contributed by atoms with E-state index in [-0.39, 0.29) is 35.8 Å². The van der Waals surface area contributed by atoms with Crippen molar-refractivity contribution in [1.29, 1.82) is 0 Å². The zero-order valence-corrected chi connectivity index (χ0v) is 17.1. The zero-order chi connectivity index (χ0) is 16.8. The first-order valence-electron chi connectivity index (χ1n) is 8.40. The molecule has 1 fully saturated rings. The van der Waals surface area contributed by atoms with Crippen LogP contribution >= 0.6 is 24.0 Å². The van der Waals surface area contributed by atoms with Crippen molar-refractivity contribution in [3.8, 4) is 0 Å². The molecule has 5 nitrogen and oxygen atoms in total. The van der Waals surface area contributed by atoms with Gasteiger partial charge in [0.1, 0.15) is 0 Å². The van der Waals surface area contributed by atoms with Crippen LogP contribution in [-0.4, -0.2) is 29.9 Å². The molecule has 1 saturated heterocycles. The van der Waals surface area contributed by atoms with Gasteiger partial charge in [-0.15, -0.1) is 24.0 Å². The van der Waals surface area contributed by atoms with Gasteiger partial charge >= 0.3 is 0 Å².